The van der Waals surface area contributed by atoms with Crippen LogP contribution in [0.15, 0.2) is 18.2 Å². The van der Waals surface area contributed by atoms with Crippen LogP contribution in [0, 0.1) is 0 Å². The monoisotopic (exact) mass is 248 g/mol. The molecule has 0 amide bonds. The molecule has 0 fully saturated rings. The van der Waals surface area contributed by atoms with Gasteiger partial charge in [-0.3, -0.25) is 0 Å². The largest absolute Gasteiger partial charge is 0.491 e. The van der Waals surface area contributed by atoms with Crippen molar-refractivity contribution in [2.45, 2.75) is 19.5 Å². The minimum absolute atomic E-state index is 0.336. The number of hydrogen-bond donors (Lipinski definition) is 2. The molecule has 0 unspecified atom stereocenters. The fourth-order valence-corrected chi connectivity index (χ4v) is 1.18. The van der Waals surface area contributed by atoms with Crippen LogP contribution in [0.4, 0.5) is 24.5 Å². The van der Waals surface area contributed by atoms with Crippen LogP contribution in [0.5, 0.6) is 5.75 Å². The number of ether oxygens (including phenoxy) is 1. The maximum absolute atomic E-state index is 12.0. The number of anilines is 2. The molecule has 0 aliphatic carbocycles. The van der Waals surface area contributed by atoms with Gasteiger partial charge in [-0.2, -0.15) is 13.2 Å². The van der Waals surface area contributed by atoms with Crippen molar-refractivity contribution in [3.8, 4) is 5.75 Å². The summed E-state index contributed by atoms with van der Waals surface area (Å²) in [5.41, 5.74) is 6.39. The van der Waals surface area contributed by atoms with Crippen LogP contribution in [0.25, 0.3) is 0 Å². The van der Waals surface area contributed by atoms with Gasteiger partial charge in [0.2, 0.25) is 0 Å². The summed E-state index contributed by atoms with van der Waals surface area (Å²) < 4.78 is 41.3. The number of nitrogens with two attached hydrogens (primary N) is 1. The molecule has 0 heterocycles. The Morgan fingerprint density at radius 2 is 2.06 bits per heavy atom. The topological polar surface area (TPSA) is 47.3 Å². The first-order valence-electron chi connectivity index (χ1n) is 5.25. The Labute approximate surface area is 97.8 Å². The third-order valence-electron chi connectivity index (χ3n) is 1.97. The molecule has 6 heteroatoms. The summed E-state index contributed by atoms with van der Waals surface area (Å²) in [6.45, 7) is 1.33. The zero-order valence-electron chi connectivity index (χ0n) is 9.47. The molecule has 0 aliphatic rings. The first-order chi connectivity index (χ1) is 7.92. The second kappa shape index (κ2) is 5.65. The van der Waals surface area contributed by atoms with Gasteiger partial charge in [0, 0.05) is 11.8 Å². The lowest BCUT2D eigenvalue weighted by Crippen LogP contribution is -2.21. The van der Waals surface area contributed by atoms with Crippen molar-refractivity contribution < 1.29 is 17.9 Å². The van der Waals surface area contributed by atoms with Gasteiger partial charge in [-0.25, -0.2) is 0 Å². The smallest absolute Gasteiger partial charge is 0.405 e. The van der Waals surface area contributed by atoms with Crippen molar-refractivity contribution in [2.75, 3.05) is 24.2 Å². The standard InChI is InChI=1S/C11H15F3N2O/c1-2-5-17-10-6-8(3-4-9(10)15)16-7-11(12,13)14/h3-4,6,16H,2,5,7,15H2,1H3. The molecule has 0 bridgehead atoms. The van der Waals surface area contributed by atoms with E-state index in [4.69, 9.17) is 10.5 Å². The zero-order valence-corrected chi connectivity index (χ0v) is 9.47. The molecule has 3 N–H and O–H groups in total. The van der Waals surface area contributed by atoms with Crippen LogP contribution in [0.1, 0.15) is 13.3 Å². The number of halogens is 3. The van der Waals surface area contributed by atoms with E-state index in [2.05, 4.69) is 5.32 Å². The number of nitrogen functional groups attached to an aromatic ring is 1. The predicted molar refractivity (Wildman–Crippen MR) is 61.2 cm³/mol. The van der Waals surface area contributed by atoms with Crippen molar-refractivity contribution >= 4 is 11.4 Å². The van der Waals surface area contributed by atoms with E-state index in [0.29, 0.717) is 23.7 Å². The minimum atomic E-state index is -4.24. The highest BCUT2D eigenvalue weighted by atomic mass is 19.4. The van der Waals surface area contributed by atoms with E-state index in [0.717, 1.165) is 6.42 Å². The Morgan fingerprint density at radius 3 is 2.65 bits per heavy atom. The third-order valence-corrected chi connectivity index (χ3v) is 1.97. The van der Waals surface area contributed by atoms with Crippen molar-refractivity contribution in [1.29, 1.82) is 0 Å². The van der Waals surface area contributed by atoms with Gasteiger partial charge < -0.3 is 15.8 Å². The number of hydrogen-bond acceptors (Lipinski definition) is 3. The fourth-order valence-electron chi connectivity index (χ4n) is 1.18. The molecule has 0 atom stereocenters. The Morgan fingerprint density at radius 1 is 1.35 bits per heavy atom. The fraction of sp³-hybridized carbons (Fsp3) is 0.455. The second-order valence-electron chi connectivity index (χ2n) is 3.57. The molecule has 0 saturated heterocycles. The quantitative estimate of drug-likeness (QED) is 0.787. The van der Waals surface area contributed by atoms with E-state index < -0.39 is 12.7 Å². The normalized spacial score (nSPS) is 11.3. The Bertz CT molecular complexity index is 366. The molecule has 1 aromatic carbocycles. The molecule has 3 nitrogen and oxygen atoms in total. The van der Waals surface area contributed by atoms with Crippen molar-refractivity contribution in [3.05, 3.63) is 18.2 Å². The van der Waals surface area contributed by atoms with E-state index in [1.165, 1.54) is 18.2 Å². The second-order valence-corrected chi connectivity index (χ2v) is 3.57. The maximum atomic E-state index is 12.0. The molecule has 0 saturated carbocycles. The molecule has 1 rings (SSSR count). The van der Waals surface area contributed by atoms with Crippen LogP contribution in [0.3, 0.4) is 0 Å². The predicted octanol–water partition coefficient (Wildman–Crippen LogP) is 3.03. The molecule has 0 radical (unpaired) electrons. The van der Waals surface area contributed by atoms with Crippen LogP contribution in [-0.4, -0.2) is 19.3 Å². The molecule has 96 valence electrons. The van der Waals surface area contributed by atoms with Gasteiger partial charge in [0.25, 0.3) is 0 Å². The first kappa shape index (κ1) is 13.5. The van der Waals surface area contributed by atoms with E-state index >= 15 is 0 Å². The summed E-state index contributed by atoms with van der Waals surface area (Å²) in [7, 11) is 0. The van der Waals surface area contributed by atoms with Crippen LogP contribution >= 0.6 is 0 Å². The van der Waals surface area contributed by atoms with E-state index in [9.17, 15) is 13.2 Å². The molecule has 0 aromatic heterocycles. The highest BCUT2D eigenvalue weighted by Crippen LogP contribution is 2.26. The van der Waals surface area contributed by atoms with Gasteiger partial charge in [-0.15, -0.1) is 0 Å². The van der Waals surface area contributed by atoms with Crippen molar-refractivity contribution in [3.63, 3.8) is 0 Å². The van der Waals surface area contributed by atoms with Crippen LogP contribution in [-0.2, 0) is 0 Å². The summed E-state index contributed by atoms with van der Waals surface area (Å²) in [4.78, 5) is 0. The van der Waals surface area contributed by atoms with E-state index in [-0.39, 0.29) is 0 Å². The highest BCUT2D eigenvalue weighted by Gasteiger charge is 2.26. The lowest BCUT2D eigenvalue weighted by atomic mass is 10.2. The van der Waals surface area contributed by atoms with Gasteiger partial charge in [0.1, 0.15) is 12.3 Å². The molecule has 0 aliphatic heterocycles. The molecular formula is C11H15F3N2O. The number of benzene rings is 1. The molecular weight excluding hydrogens is 233 g/mol. The van der Waals surface area contributed by atoms with E-state index in [1.54, 1.807) is 0 Å². The summed E-state index contributed by atoms with van der Waals surface area (Å²) in [6, 6.07) is 4.47. The van der Waals surface area contributed by atoms with Crippen LogP contribution < -0.4 is 15.8 Å². The third kappa shape index (κ3) is 4.84. The Hall–Kier alpha value is -1.59. The van der Waals surface area contributed by atoms with Gasteiger partial charge >= 0.3 is 6.18 Å². The summed E-state index contributed by atoms with van der Waals surface area (Å²) in [5.74, 6) is 0.402. The summed E-state index contributed by atoms with van der Waals surface area (Å²) in [5, 5.41) is 2.27. The maximum Gasteiger partial charge on any atom is 0.405 e. The average Bonchev–Trinajstić information content (AvgIpc) is 2.25. The lowest BCUT2D eigenvalue weighted by Gasteiger charge is -2.12. The summed E-state index contributed by atoms with van der Waals surface area (Å²) in [6.07, 6.45) is -3.44. The average molecular weight is 248 g/mol. The Kier molecular flexibility index (Phi) is 4.48. The molecule has 1 aromatic rings. The number of alkyl halides is 3. The van der Waals surface area contributed by atoms with Gasteiger partial charge in [-0.1, -0.05) is 6.92 Å². The first-order valence-corrected chi connectivity index (χ1v) is 5.25. The van der Waals surface area contributed by atoms with Gasteiger partial charge in [0.05, 0.1) is 12.3 Å². The highest BCUT2D eigenvalue weighted by molar-refractivity contribution is 5.61. The number of nitrogens with one attached hydrogen (secondary N) is 1. The molecule has 0 spiro atoms. The Balaban J connectivity index is 2.67. The van der Waals surface area contributed by atoms with Gasteiger partial charge in [-0.05, 0) is 18.6 Å². The zero-order chi connectivity index (χ0) is 12.9. The molecule has 17 heavy (non-hydrogen) atoms. The minimum Gasteiger partial charge on any atom is -0.491 e. The lowest BCUT2D eigenvalue weighted by molar-refractivity contribution is -0.115. The van der Waals surface area contributed by atoms with E-state index in [1.807, 2.05) is 6.92 Å². The van der Waals surface area contributed by atoms with Crippen molar-refractivity contribution in [1.82, 2.24) is 0 Å². The SMILES string of the molecule is CCCOc1cc(NCC(F)(F)F)ccc1N. The van der Waals surface area contributed by atoms with Crippen LogP contribution in [0.2, 0.25) is 0 Å². The van der Waals surface area contributed by atoms with Gasteiger partial charge in [0.15, 0.2) is 0 Å². The number of rotatable bonds is 5. The van der Waals surface area contributed by atoms with Crippen molar-refractivity contribution in [2.24, 2.45) is 0 Å². The summed E-state index contributed by atoms with van der Waals surface area (Å²) >= 11 is 0.